The summed E-state index contributed by atoms with van der Waals surface area (Å²) >= 11 is 0. The molecule has 23 heavy (non-hydrogen) atoms. The SMILES string of the molecule is COCCn1c(C(=O)NCC(O)C(C)(C)C)cc2ccccc21. The van der Waals surface area contributed by atoms with Gasteiger partial charge in [0.05, 0.1) is 12.7 Å². The van der Waals surface area contributed by atoms with Gasteiger partial charge >= 0.3 is 0 Å². The van der Waals surface area contributed by atoms with Gasteiger partial charge in [-0.1, -0.05) is 39.0 Å². The van der Waals surface area contributed by atoms with Crippen molar-refractivity contribution in [3.8, 4) is 0 Å². The van der Waals surface area contributed by atoms with Crippen LogP contribution in [0.2, 0.25) is 0 Å². The molecule has 1 amide bonds. The minimum atomic E-state index is -0.594. The second-order valence-electron chi connectivity index (χ2n) is 6.82. The molecule has 0 aliphatic carbocycles. The molecule has 0 saturated carbocycles. The molecule has 0 radical (unpaired) electrons. The molecule has 5 heteroatoms. The standard InChI is InChI=1S/C18H26N2O3/c1-18(2,3)16(21)12-19-17(22)15-11-13-7-5-6-8-14(13)20(15)9-10-23-4/h5-8,11,16,21H,9-10,12H2,1-4H3,(H,19,22). The molecule has 2 rings (SSSR count). The molecule has 0 aliphatic heterocycles. The fourth-order valence-corrected chi connectivity index (χ4v) is 2.41. The second-order valence-corrected chi connectivity index (χ2v) is 6.82. The largest absolute Gasteiger partial charge is 0.391 e. The highest BCUT2D eigenvalue weighted by Gasteiger charge is 2.23. The Hall–Kier alpha value is -1.85. The van der Waals surface area contributed by atoms with E-state index in [0.29, 0.717) is 18.8 Å². The van der Waals surface area contributed by atoms with Gasteiger partial charge < -0.3 is 19.7 Å². The quantitative estimate of drug-likeness (QED) is 0.860. The number of fused-ring (bicyclic) bond motifs is 1. The van der Waals surface area contributed by atoms with Crippen molar-refractivity contribution in [3.63, 3.8) is 0 Å². The van der Waals surface area contributed by atoms with Gasteiger partial charge in [-0.2, -0.15) is 0 Å². The Kier molecular flexibility index (Phi) is 5.44. The highest BCUT2D eigenvalue weighted by atomic mass is 16.5. The number of nitrogens with zero attached hydrogens (tertiary/aromatic N) is 1. The number of ether oxygens (including phenoxy) is 1. The molecule has 0 saturated heterocycles. The maximum Gasteiger partial charge on any atom is 0.268 e. The molecule has 126 valence electrons. The van der Waals surface area contributed by atoms with Crippen LogP contribution in [0.5, 0.6) is 0 Å². The van der Waals surface area contributed by atoms with Crippen molar-refractivity contribution >= 4 is 16.8 Å². The monoisotopic (exact) mass is 318 g/mol. The summed E-state index contributed by atoms with van der Waals surface area (Å²) in [4.78, 5) is 12.5. The molecule has 0 spiro atoms. The zero-order valence-electron chi connectivity index (χ0n) is 14.3. The van der Waals surface area contributed by atoms with Crippen molar-refractivity contribution < 1.29 is 14.6 Å². The number of aliphatic hydroxyl groups is 1. The van der Waals surface area contributed by atoms with E-state index in [2.05, 4.69) is 5.32 Å². The third-order valence-corrected chi connectivity index (χ3v) is 4.02. The molecule has 0 fully saturated rings. The number of amides is 1. The van der Waals surface area contributed by atoms with Gasteiger partial charge in [0.25, 0.3) is 5.91 Å². The lowest BCUT2D eigenvalue weighted by molar-refractivity contribution is 0.0584. The summed E-state index contributed by atoms with van der Waals surface area (Å²) < 4.78 is 7.11. The summed E-state index contributed by atoms with van der Waals surface area (Å²) in [7, 11) is 1.64. The van der Waals surface area contributed by atoms with Crippen LogP contribution in [-0.4, -0.2) is 41.9 Å². The highest BCUT2D eigenvalue weighted by Crippen LogP contribution is 2.21. The van der Waals surface area contributed by atoms with Gasteiger partial charge in [-0.3, -0.25) is 4.79 Å². The Balaban J connectivity index is 2.22. The predicted octanol–water partition coefficient (Wildman–Crippen LogP) is 2.42. The molecule has 2 N–H and O–H groups in total. The Morgan fingerprint density at radius 3 is 2.70 bits per heavy atom. The number of carbonyl (C=O) groups is 1. The first-order chi connectivity index (χ1) is 10.8. The van der Waals surface area contributed by atoms with E-state index in [0.717, 1.165) is 10.9 Å². The van der Waals surface area contributed by atoms with Crippen molar-refractivity contribution in [1.29, 1.82) is 0 Å². The molecule has 1 heterocycles. The number of aliphatic hydroxyl groups excluding tert-OH is 1. The van der Waals surface area contributed by atoms with E-state index in [9.17, 15) is 9.90 Å². The zero-order chi connectivity index (χ0) is 17.0. The number of methoxy groups -OCH3 is 1. The van der Waals surface area contributed by atoms with Gasteiger partial charge in [-0.05, 0) is 17.5 Å². The molecule has 0 bridgehead atoms. The van der Waals surface area contributed by atoms with Crippen molar-refractivity contribution in [3.05, 3.63) is 36.0 Å². The Labute approximate surface area is 137 Å². The van der Waals surface area contributed by atoms with E-state index < -0.39 is 6.10 Å². The van der Waals surface area contributed by atoms with Crippen LogP contribution in [0, 0.1) is 5.41 Å². The van der Waals surface area contributed by atoms with Gasteiger partial charge in [-0.25, -0.2) is 0 Å². The van der Waals surface area contributed by atoms with Crippen molar-refractivity contribution in [1.82, 2.24) is 9.88 Å². The third-order valence-electron chi connectivity index (χ3n) is 4.02. The maximum absolute atomic E-state index is 12.5. The summed E-state index contributed by atoms with van der Waals surface area (Å²) in [6, 6.07) is 9.76. The van der Waals surface area contributed by atoms with Crippen molar-refractivity contribution in [2.24, 2.45) is 5.41 Å². The van der Waals surface area contributed by atoms with Crippen LogP contribution >= 0.6 is 0 Å². The van der Waals surface area contributed by atoms with Gasteiger partial charge in [0.1, 0.15) is 5.69 Å². The summed E-state index contributed by atoms with van der Waals surface area (Å²) in [5.41, 5.74) is 1.33. The minimum absolute atomic E-state index is 0.180. The van der Waals surface area contributed by atoms with Gasteiger partial charge in [-0.15, -0.1) is 0 Å². The number of aromatic nitrogens is 1. The fourth-order valence-electron chi connectivity index (χ4n) is 2.41. The van der Waals surface area contributed by atoms with Gasteiger partial charge in [0.15, 0.2) is 0 Å². The third kappa shape index (κ3) is 4.12. The highest BCUT2D eigenvalue weighted by molar-refractivity contribution is 5.98. The van der Waals surface area contributed by atoms with E-state index in [-0.39, 0.29) is 17.9 Å². The minimum Gasteiger partial charge on any atom is -0.391 e. The molecule has 1 aromatic heterocycles. The first kappa shape index (κ1) is 17.5. The average Bonchev–Trinajstić information content (AvgIpc) is 2.88. The predicted molar refractivity (Wildman–Crippen MR) is 91.6 cm³/mol. The smallest absolute Gasteiger partial charge is 0.268 e. The van der Waals surface area contributed by atoms with Crippen LogP contribution in [0.1, 0.15) is 31.3 Å². The maximum atomic E-state index is 12.5. The summed E-state index contributed by atoms with van der Waals surface area (Å²) in [6.07, 6.45) is -0.594. The average molecular weight is 318 g/mol. The second kappa shape index (κ2) is 7.15. The molecule has 1 unspecified atom stereocenters. The van der Waals surface area contributed by atoms with Crippen LogP contribution in [-0.2, 0) is 11.3 Å². The van der Waals surface area contributed by atoms with E-state index >= 15 is 0 Å². The van der Waals surface area contributed by atoms with Crippen LogP contribution < -0.4 is 5.32 Å². The Morgan fingerprint density at radius 2 is 2.04 bits per heavy atom. The summed E-state index contributed by atoms with van der Waals surface area (Å²) in [5, 5.41) is 13.9. The van der Waals surface area contributed by atoms with E-state index in [4.69, 9.17) is 4.74 Å². The fraction of sp³-hybridized carbons (Fsp3) is 0.500. The van der Waals surface area contributed by atoms with E-state index in [1.54, 1.807) is 7.11 Å². The molecule has 5 nitrogen and oxygen atoms in total. The number of benzene rings is 1. The van der Waals surface area contributed by atoms with Crippen LogP contribution in [0.25, 0.3) is 10.9 Å². The van der Waals surface area contributed by atoms with Crippen molar-refractivity contribution in [2.45, 2.75) is 33.4 Å². The first-order valence-electron chi connectivity index (χ1n) is 7.88. The Morgan fingerprint density at radius 1 is 1.35 bits per heavy atom. The van der Waals surface area contributed by atoms with E-state index in [1.165, 1.54) is 0 Å². The molecular weight excluding hydrogens is 292 g/mol. The molecule has 0 aliphatic rings. The van der Waals surface area contributed by atoms with Crippen molar-refractivity contribution in [2.75, 3.05) is 20.3 Å². The normalized spacial score (nSPS) is 13.3. The number of nitrogens with one attached hydrogen (secondary N) is 1. The first-order valence-corrected chi connectivity index (χ1v) is 7.88. The van der Waals surface area contributed by atoms with Crippen LogP contribution in [0.15, 0.2) is 30.3 Å². The number of rotatable bonds is 6. The number of para-hydroxylation sites is 1. The van der Waals surface area contributed by atoms with Crippen LogP contribution in [0.3, 0.4) is 0 Å². The molecule has 1 atom stereocenters. The zero-order valence-corrected chi connectivity index (χ0v) is 14.3. The molecule has 1 aromatic carbocycles. The van der Waals surface area contributed by atoms with Crippen LogP contribution in [0.4, 0.5) is 0 Å². The van der Waals surface area contributed by atoms with Gasteiger partial charge in [0, 0.05) is 31.1 Å². The summed E-state index contributed by atoms with van der Waals surface area (Å²) in [6.45, 7) is 7.20. The molecular formula is C18H26N2O3. The lowest BCUT2D eigenvalue weighted by atomic mass is 9.89. The van der Waals surface area contributed by atoms with Gasteiger partial charge in [0.2, 0.25) is 0 Å². The molecule has 2 aromatic rings. The topological polar surface area (TPSA) is 63.5 Å². The lowest BCUT2D eigenvalue weighted by Crippen LogP contribution is -2.39. The van der Waals surface area contributed by atoms with E-state index in [1.807, 2.05) is 55.7 Å². The number of hydrogen-bond acceptors (Lipinski definition) is 3. The number of carbonyl (C=O) groups excluding carboxylic acids is 1. The lowest BCUT2D eigenvalue weighted by Gasteiger charge is -2.26. The Bertz CT molecular complexity index is 670. The summed E-state index contributed by atoms with van der Waals surface area (Å²) in [5.74, 6) is -0.180. The number of hydrogen-bond donors (Lipinski definition) is 2.